The first-order chi connectivity index (χ1) is 25.6. The minimum atomic E-state index is -0.834. The normalized spacial score (nSPS) is 10.6. The van der Waals surface area contributed by atoms with Crippen molar-refractivity contribution in [3.05, 3.63) is 145 Å². The molecule has 53 heavy (non-hydrogen) atoms. The van der Waals surface area contributed by atoms with Gasteiger partial charge in [-0.15, -0.1) is 0 Å². The zero-order valence-corrected chi connectivity index (χ0v) is 28.6. The van der Waals surface area contributed by atoms with E-state index in [1.54, 1.807) is 18.2 Å². The summed E-state index contributed by atoms with van der Waals surface area (Å²) in [5.41, 5.74) is 5.07. The first-order valence-electron chi connectivity index (χ1n) is 15.6. The summed E-state index contributed by atoms with van der Waals surface area (Å²) in [5, 5.41) is 4.86. The molecule has 0 saturated carbocycles. The monoisotopic (exact) mass is 731 g/mol. The zero-order chi connectivity index (χ0) is 37.7. The van der Waals surface area contributed by atoms with Crippen molar-refractivity contribution in [2.45, 2.75) is 6.42 Å². The average molecular weight is 732 g/mol. The van der Waals surface area contributed by atoms with Crippen LogP contribution < -0.4 is 24.4 Å². The van der Waals surface area contributed by atoms with Gasteiger partial charge in [0.2, 0.25) is 5.13 Å². The highest BCUT2D eigenvalue weighted by Gasteiger charge is 2.17. The zero-order valence-electron chi connectivity index (χ0n) is 27.8. The molecule has 0 saturated heterocycles. The van der Waals surface area contributed by atoms with Gasteiger partial charge in [-0.05, 0) is 72.3 Å². The van der Waals surface area contributed by atoms with Gasteiger partial charge in [-0.25, -0.2) is 29.0 Å². The molecule has 0 amide bonds. The molecule has 1 heterocycles. The Morgan fingerprint density at radius 3 is 2.08 bits per heavy atom. The van der Waals surface area contributed by atoms with E-state index in [0.29, 0.717) is 16.3 Å². The van der Waals surface area contributed by atoms with Gasteiger partial charge in [-0.3, -0.25) is 5.43 Å². The van der Waals surface area contributed by atoms with Crippen molar-refractivity contribution in [3.63, 3.8) is 0 Å². The van der Waals surface area contributed by atoms with Gasteiger partial charge in [0, 0.05) is 30.2 Å². The molecule has 266 valence electrons. The molecule has 1 aromatic heterocycles. The number of esters is 5. The van der Waals surface area contributed by atoms with E-state index in [1.165, 1.54) is 60.0 Å². The van der Waals surface area contributed by atoms with Crippen molar-refractivity contribution in [1.82, 2.24) is 4.98 Å². The van der Waals surface area contributed by atoms with Crippen molar-refractivity contribution in [2.24, 2.45) is 5.10 Å². The van der Waals surface area contributed by atoms with Crippen LogP contribution in [-0.4, -0.2) is 47.7 Å². The van der Waals surface area contributed by atoms with Crippen LogP contribution in [0.25, 0.3) is 10.2 Å². The molecule has 0 radical (unpaired) electrons. The number of hydrazone groups is 1. The van der Waals surface area contributed by atoms with Crippen molar-refractivity contribution in [2.75, 3.05) is 12.0 Å². The lowest BCUT2D eigenvalue weighted by Crippen LogP contribution is -2.12. The van der Waals surface area contributed by atoms with Crippen molar-refractivity contribution < 1.29 is 47.7 Å². The Labute approximate surface area is 306 Å². The largest absolute Gasteiger partial charge is 0.462 e. The second kappa shape index (κ2) is 17.6. The number of para-hydroxylation sites is 1. The third-order valence-corrected chi connectivity index (χ3v) is 7.91. The number of hydrogen-bond donors (Lipinski definition) is 1. The maximum Gasteiger partial charge on any atom is 0.343 e. The maximum absolute atomic E-state index is 13.1. The third-order valence-electron chi connectivity index (χ3n) is 6.97. The van der Waals surface area contributed by atoms with Gasteiger partial charge in [-0.1, -0.05) is 49.3 Å². The van der Waals surface area contributed by atoms with Gasteiger partial charge in [0.1, 0.15) is 11.5 Å². The number of carbonyl (C=O) groups is 5. The van der Waals surface area contributed by atoms with Crippen LogP contribution in [0.4, 0.5) is 5.13 Å². The number of aromatic nitrogens is 1. The summed E-state index contributed by atoms with van der Waals surface area (Å²) in [6, 6.07) is 22.3. The topological polar surface area (TPSA) is 169 Å². The van der Waals surface area contributed by atoms with Crippen LogP contribution in [-0.2, 0) is 25.5 Å². The molecule has 5 aromatic rings. The van der Waals surface area contributed by atoms with E-state index in [-0.39, 0.29) is 47.2 Å². The number of nitrogens with one attached hydrogen (secondary N) is 1. The molecule has 0 aliphatic carbocycles. The minimum Gasteiger partial charge on any atom is -0.462 e. The molecule has 4 aromatic carbocycles. The summed E-state index contributed by atoms with van der Waals surface area (Å²) in [6.07, 6.45) is 4.59. The minimum absolute atomic E-state index is 0.0261. The van der Waals surface area contributed by atoms with Crippen LogP contribution in [0.5, 0.6) is 23.0 Å². The lowest BCUT2D eigenvalue weighted by atomic mass is 10.1. The highest BCUT2D eigenvalue weighted by Crippen LogP contribution is 2.30. The molecule has 5 rings (SSSR count). The van der Waals surface area contributed by atoms with E-state index in [1.807, 2.05) is 24.3 Å². The smallest absolute Gasteiger partial charge is 0.343 e. The third kappa shape index (κ3) is 10.2. The maximum atomic E-state index is 13.1. The average Bonchev–Trinajstić information content (AvgIpc) is 3.59. The second-order valence-electron chi connectivity index (χ2n) is 10.6. The quantitative estimate of drug-likeness (QED) is 0.0401. The number of anilines is 1. The first-order valence-corrected chi connectivity index (χ1v) is 16.4. The van der Waals surface area contributed by atoms with E-state index >= 15 is 0 Å². The fourth-order valence-electron chi connectivity index (χ4n) is 4.44. The van der Waals surface area contributed by atoms with E-state index in [4.69, 9.17) is 23.7 Å². The highest BCUT2D eigenvalue weighted by molar-refractivity contribution is 7.22. The van der Waals surface area contributed by atoms with E-state index in [0.717, 1.165) is 28.4 Å². The number of nitrogens with zero attached hydrogens (tertiary/aromatic N) is 2. The number of fused-ring (bicyclic) bond motifs is 1. The Morgan fingerprint density at radius 1 is 0.698 bits per heavy atom. The molecule has 0 fully saturated rings. The standard InChI is InChI=1S/C39H29N3O10S/c1-4-34(43)49-28-15-12-25(13-16-28)38(47)52-30-17-11-24(21-27(30)23-40-42-39-41-29-9-7-8-10-33(29)53-39)19-20-48-37(46)26-14-18-31(50-35(44)5-2)32(22-26)51-36(45)6-3/h4-18,21-23H,1-3,19-20H2,(H,41,42)/b40-23+. The molecule has 0 unspecified atom stereocenters. The molecule has 0 aliphatic heterocycles. The first kappa shape index (κ1) is 37.1. The second-order valence-corrected chi connectivity index (χ2v) is 11.6. The number of carbonyl (C=O) groups excluding carboxylic acids is 5. The molecule has 0 bridgehead atoms. The van der Waals surface area contributed by atoms with Gasteiger partial charge >= 0.3 is 29.8 Å². The Balaban J connectivity index is 1.30. The summed E-state index contributed by atoms with van der Waals surface area (Å²) in [5.74, 6) is -3.57. The van der Waals surface area contributed by atoms with Crippen LogP contribution in [0.2, 0.25) is 0 Å². The Morgan fingerprint density at radius 2 is 1.36 bits per heavy atom. The molecule has 14 heteroatoms. The van der Waals surface area contributed by atoms with Gasteiger partial charge in [-0.2, -0.15) is 5.10 Å². The summed E-state index contributed by atoms with van der Waals surface area (Å²) < 4.78 is 27.4. The van der Waals surface area contributed by atoms with Crippen LogP contribution in [0.15, 0.2) is 128 Å². The van der Waals surface area contributed by atoms with E-state index in [9.17, 15) is 24.0 Å². The van der Waals surface area contributed by atoms with Gasteiger partial charge in [0.25, 0.3) is 0 Å². The van der Waals surface area contributed by atoms with Crippen LogP contribution in [0.1, 0.15) is 31.8 Å². The van der Waals surface area contributed by atoms with Crippen molar-refractivity contribution >= 4 is 62.7 Å². The molecular weight excluding hydrogens is 703 g/mol. The van der Waals surface area contributed by atoms with Crippen molar-refractivity contribution in [3.8, 4) is 23.0 Å². The predicted molar refractivity (Wildman–Crippen MR) is 197 cm³/mol. The highest BCUT2D eigenvalue weighted by atomic mass is 32.1. The summed E-state index contributed by atoms with van der Waals surface area (Å²) in [6.45, 7) is 9.96. The predicted octanol–water partition coefficient (Wildman–Crippen LogP) is 6.64. The summed E-state index contributed by atoms with van der Waals surface area (Å²) >= 11 is 1.41. The molecule has 0 atom stereocenters. The van der Waals surface area contributed by atoms with E-state index in [2.05, 4.69) is 35.2 Å². The Hall–Kier alpha value is -7.19. The number of rotatable bonds is 15. The molecule has 0 aliphatic rings. The van der Waals surface area contributed by atoms with Gasteiger partial charge < -0.3 is 23.7 Å². The Kier molecular flexibility index (Phi) is 12.3. The molecule has 1 N–H and O–H groups in total. The van der Waals surface area contributed by atoms with Crippen LogP contribution >= 0.6 is 11.3 Å². The number of thiazole rings is 1. The van der Waals surface area contributed by atoms with Crippen LogP contribution in [0.3, 0.4) is 0 Å². The molecule has 13 nitrogen and oxygen atoms in total. The summed E-state index contributed by atoms with van der Waals surface area (Å²) in [4.78, 5) is 65.5. The SMILES string of the molecule is C=CC(=O)Oc1ccc(C(=O)Oc2ccc(CCOC(=O)c3ccc(OC(=O)C=C)c(OC(=O)C=C)c3)cc2/C=N/Nc2nc3ccccc3s2)cc1. The molecular formula is C39H29N3O10S. The van der Waals surface area contributed by atoms with E-state index < -0.39 is 29.8 Å². The Bertz CT molecular complexity index is 2230. The number of hydrogen-bond acceptors (Lipinski definition) is 14. The number of ether oxygens (including phenoxy) is 5. The summed E-state index contributed by atoms with van der Waals surface area (Å²) in [7, 11) is 0. The number of benzene rings is 4. The molecule has 0 spiro atoms. The van der Waals surface area contributed by atoms with Crippen molar-refractivity contribution in [1.29, 1.82) is 0 Å². The fourth-order valence-corrected chi connectivity index (χ4v) is 5.26. The fraction of sp³-hybridized carbons (Fsp3) is 0.0513. The van der Waals surface area contributed by atoms with Gasteiger partial charge in [0.05, 0.1) is 34.2 Å². The lowest BCUT2D eigenvalue weighted by Gasteiger charge is -2.12. The van der Waals surface area contributed by atoms with Crippen LogP contribution in [0, 0.1) is 0 Å². The van der Waals surface area contributed by atoms with Gasteiger partial charge in [0.15, 0.2) is 11.5 Å². The lowest BCUT2D eigenvalue weighted by molar-refractivity contribution is -0.131.